The first-order valence-electron chi connectivity index (χ1n) is 10.9. The van der Waals surface area contributed by atoms with Crippen molar-refractivity contribution in [3.05, 3.63) is 59.1 Å². The van der Waals surface area contributed by atoms with Gasteiger partial charge in [0.1, 0.15) is 11.8 Å². The largest absolute Gasteiger partial charge is 0.496 e. The molecule has 3 N–H and O–H groups in total. The lowest BCUT2D eigenvalue weighted by molar-refractivity contribution is -0.128. The van der Waals surface area contributed by atoms with E-state index in [1.54, 1.807) is 36.3 Å². The van der Waals surface area contributed by atoms with Crippen molar-refractivity contribution in [1.29, 1.82) is 0 Å². The molecular weight excluding hydrogens is 444 g/mol. The molecule has 2 aromatic carbocycles. The van der Waals surface area contributed by atoms with Gasteiger partial charge in [-0.25, -0.2) is 4.79 Å². The predicted molar refractivity (Wildman–Crippen MR) is 128 cm³/mol. The molecule has 33 heavy (non-hydrogen) atoms. The number of nitrogens with zero attached hydrogens (tertiary/aromatic N) is 1. The van der Waals surface area contributed by atoms with E-state index in [0.717, 1.165) is 5.56 Å². The normalized spacial score (nSPS) is 14.8. The van der Waals surface area contributed by atoms with Gasteiger partial charge in [-0.15, -0.1) is 0 Å². The smallest absolute Gasteiger partial charge is 0.321 e. The van der Waals surface area contributed by atoms with Crippen LogP contribution in [0.5, 0.6) is 5.75 Å². The zero-order chi connectivity index (χ0) is 23.8. The molecule has 0 bridgehead atoms. The Hall–Kier alpha value is -3.26. The van der Waals surface area contributed by atoms with E-state index in [1.807, 2.05) is 24.3 Å². The summed E-state index contributed by atoms with van der Waals surface area (Å²) in [6.45, 7) is 2.41. The monoisotopic (exact) mass is 472 g/mol. The number of amides is 4. The van der Waals surface area contributed by atoms with Crippen molar-refractivity contribution in [2.24, 2.45) is 0 Å². The summed E-state index contributed by atoms with van der Waals surface area (Å²) in [5.41, 5.74) is 1.47. The fourth-order valence-corrected chi connectivity index (χ4v) is 4.03. The van der Waals surface area contributed by atoms with Gasteiger partial charge in [-0.1, -0.05) is 35.9 Å². The lowest BCUT2D eigenvalue weighted by Gasteiger charge is -2.33. The van der Waals surface area contributed by atoms with Crippen LogP contribution in [0.15, 0.2) is 48.5 Å². The zero-order valence-electron chi connectivity index (χ0n) is 18.8. The Bertz CT molecular complexity index is 992. The zero-order valence-corrected chi connectivity index (χ0v) is 19.5. The van der Waals surface area contributed by atoms with Gasteiger partial charge in [0, 0.05) is 43.2 Å². The third-order valence-corrected chi connectivity index (χ3v) is 5.75. The summed E-state index contributed by atoms with van der Waals surface area (Å²) in [4.78, 5) is 38.9. The third kappa shape index (κ3) is 7.12. The van der Waals surface area contributed by atoms with E-state index in [9.17, 15) is 14.4 Å². The van der Waals surface area contributed by atoms with E-state index in [-0.39, 0.29) is 23.9 Å². The molecule has 0 unspecified atom stereocenters. The number of anilines is 1. The van der Waals surface area contributed by atoms with E-state index < -0.39 is 6.04 Å². The Kier molecular flexibility index (Phi) is 8.54. The number of carbonyl (C=O) groups is 3. The molecular formula is C24H29ClN4O4. The number of halogens is 1. The van der Waals surface area contributed by atoms with Crippen molar-refractivity contribution < 1.29 is 19.1 Å². The highest BCUT2D eigenvalue weighted by molar-refractivity contribution is 6.30. The van der Waals surface area contributed by atoms with Crippen LogP contribution in [0, 0.1) is 0 Å². The minimum atomic E-state index is -0.719. The highest BCUT2D eigenvalue weighted by Gasteiger charge is 2.27. The fourth-order valence-electron chi connectivity index (χ4n) is 3.84. The first kappa shape index (κ1) is 24.4. The number of methoxy groups -OCH3 is 1. The van der Waals surface area contributed by atoms with Crippen LogP contribution in [-0.2, 0) is 16.0 Å². The summed E-state index contributed by atoms with van der Waals surface area (Å²) in [7, 11) is 1.57. The number of piperidine rings is 1. The molecule has 1 aliphatic rings. The average Bonchev–Trinajstić information content (AvgIpc) is 2.79. The van der Waals surface area contributed by atoms with Gasteiger partial charge in [0.2, 0.25) is 11.8 Å². The molecule has 0 spiro atoms. The van der Waals surface area contributed by atoms with Crippen LogP contribution in [0.2, 0.25) is 5.02 Å². The van der Waals surface area contributed by atoms with Crippen molar-refractivity contribution >= 4 is 35.1 Å². The number of likely N-dealkylation sites (tertiary alicyclic amines) is 1. The number of hydrogen-bond acceptors (Lipinski definition) is 4. The molecule has 1 saturated heterocycles. The first-order valence-corrected chi connectivity index (χ1v) is 11.2. The van der Waals surface area contributed by atoms with E-state index in [1.165, 1.54) is 6.92 Å². The molecule has 1 heterocycles. The summed E-state index contributed by atoms with van der Waals surface area (Å²) < 4.78 is 5.37. The van der Waals surface area contributed by atoms with Gasteiger partial charge in [-0.05, 0) is 42.7 Å². The quantitative estimate of drug-likeness (QED) is 0.576. The van der Waals surface area contributed by atoms with Gasteiger partial charge in [0.25, 0.3) is 0 Å². The second-order valence-corrected chi connectivity index (χ2v) is 8.42. The standard InChI is InChI=1S/C24H29ClN4O4/c1-16(30)26-21(14-17-6-3-4-9-22(17)33-2)23(31)27-19-10-12-29(13-11-19)24(32)28-20-8-5-7-18(25)15-20/h3-9,15,19,21H,10-14H2,1-2H3,(H,26,30)(H,27,31)(H,28,32)/t21-/m0/s1. The van der Waals surface area contributed by atoms with Crippen molar-refractivity contribution in [1.82, 2.24) is 15.5 Å². The number of rotatable bonds is 7. The van der Waals surface area contributed by atoms with E-state index in [4.69, 9.17) is 16.3 Å². The van der Waals surface area contributed by atoms with Crippen molar-refractivity contribution in [2.75, 3.05) is 25.5 Å². The molecule has 0 radical (unpaired) electrons. The van der Waals surface area contributed by atoms with Crippen LogP contribution in [0.1, 0.15) is 25.3 Å². The average molecular weight is 473 g/mol. The van der Waals surface area contributed by atoms with Crippen molar-refractivity contribution in [3.8, 4) is 5.75 Å². The summed E-state index contributed by atoms with van der Waals surface area (Å²) in [6.07, 6.45) is 1.56. The number of nitrogens with one attached hydrogen (secondary N) is 3. The van der Waals surface area contributed by atoms with Crippen LogP contribution < -0.4 is 20.7 Å². The number of ether oxygens (including phenoxy) is 1. The number of carbonyl (C=O) groups excluding carboxylic acids is 3. The number of urea groups is 1. The topological polar surface area (TPSA) is 99.8 Å². The molecule has 0 aliphatic carbocycles. The minimum absolute atomic E-state index is 0.0818. The molecule has 0 saturated carbocycles. The second kappa shape index (κ2) is 11.6. The molecule has 8 nitrogen and oxygen atoms in total. The lowest BCUT2D eigenvalue weighted by Crippen LogP contribution is -2.53. The van der Waals surface area contributed by atoms with Crippen LogP contribution in [0.4, 0.5) is 10.5 Å². The molecule has 176 valence electrons. The maximum absolute atomic E-state index is 13.0. The predicted octanol–water partition coefficient (Wildman–Crippen LogP) is 3.21. The third-order valence-electron chi connectivity index (χ3n) is 5.51. The van der Waals surface area contributed by atoms with Gasteiger partial charge in [-0.2, -0.15) is 0 Å². The number of benzene rings is 2. The molecule has 1 aliphatic heterocycles. The highest BCUT2D eigenvalue weighted by atomic mass is 35.5. The molecule has 1 atom stereocenters. The van der Waals surface area contributed by atoms with Crippen LogP contribution in [0.3, 0.4) is 0 Å². The number of hydrogen-bond donors (Lipinski definition) is 3. The van der Waals surface area contributed by atoms with Crippen molar-refractivity contribution in [3.63, 3.8) is 0 Å². The highest BCUT2D eigenvalue weighted by Crippen LogP contribution is 2.20. The summed E-state index contributed by atoms with van der Waals surface area (Å²) in [5, 5.41) is 9.16. The Morgan fingerprint density at radius 1 is 1.12 bits per heavy atom. The molecule has 3 rings (SSSR count). The lowest BCUT2D eigenvalue weighted by atomic mass is 10.0. The van der Waals surface area contributed by atoms with Gasteiger partial charge < -0.3 is 25.6 Å². The molecule has 2 aromatic rings. The van der Waals surface area contributed by atoms with Crippen molar-refractivity contribution in [2.45, 2.75) is 38.3 Å². The molecule has 1 fully saturated rings. The Morgan fingerprint density at radius 3 is 2.52 bits per heavy atom. The summed E-state index contributed by atoms with van der Waals surface area (Å²) in [5.74, 6) is 0.134. The summed E-state index contributed by atoms with van der Waals surface area (Å²) in [6, 6.07) is 13.4. The Morgan fingerprint density at radius 2 is 1.85 bits per heavy atom. The Labute approximate surface area is 198 Å². The fraction of sp³-hybridized carbons (Fsp3) is 0.375. The molecule has 9 heteroatoms. The maximum Gasteiger partial charge on any atom is 0.321 e. The Balaban J connectivity index is 1.54. The van der Waals surface area contributed by atoms with Crippen LogP contribution in [0.25, 0.3) is 0 Å². The number of para-hydroxylation sites is 1. The van der Waals surface area contributed by atoms with Gasteiger partial charge in [0.05, 0.1) is 7.11 Å². The van der Waals surface area contributed by atoms with E-state index in [0.29, 0.717) is 48.8 Å². The summed E-state index contributed by atoms with van der Waals surface area (Å²) >= 11 is 5.97. The van der Waals surface area contributed by atoms with E-state index >= 15 is 0 Å². The maximum atomic E-state index is 13.0. The minimum Gasteiger partial charge on any atom is -0.496 e. The SMILES string of the molecule is COc1ccccc1C[C@H](NC(C)=O)C(=O)NC1CCN(C(=O)Nc2cccc(Cl)c2)CC1. The van der Waals surface area contributed by atoms with Gasteiger partial charge in [0.15, 0.2) is 0 Å². The molecule has 4 amide bonds. The second-order valence-electron chi connectivity index (χ2n) is 7.98. The molecule has 0 aromatic heterocycles. The van der Waals surface area contributed by atoms with Gasteiger partial charge >= 0.3 is 6.03 Å². The van der Waals surface area contributed by atoms with Crippen LogP contribution >= 0.6 is 11.6 Å². The van der Waals surface area contributed by atoms with Crippen LogP contribution in [-0.4, -0.2) is 55.0 Å². The van der Waals surface area contributed by atoms with E-state index in [2.05, 4.69) is 16.0 Å². The first-order chi connectivity index (χ1) is 15.9. The van der Waals surface area contributed by atoms with Gasteiger partial charge in [-0.3, -0.25) is 9.59 Å².